The number of rotatable bonds is 5. The van der Waals surface area contributed by atoms with Crippen molar-refractivity contribution in [1.82, 2.24) is 20.1 Å². The van der Waals surface area contributed by atoms with E-state index in [2.05, 4.69) is 12.2 Å². The van der Waals surface area contributed by atoms with Crippen molar-refractivity contribution in [3.63, 3.8) is 0 Å². The Morgan fingerprint density at radius 1 is 1.13 bits per heavy atom. The summed E-state index contributed by atoms with van der Waals surface area (Å²) in [6, 6.07) is 12.3. The van der Waals surface area contributed by atoms with Crippen molar-refractivity contribution in [3.8, 4) is 5.69 Å². The molecule has 2 aromatic heterocycles. The summed E-state index contributed by atoms with van der Waals surface area (Å²) in [4.78, 5) is 18.5. The number of hydrogen-bond acceptors (Lipinski definition) is 3. The highest BCUT2D eigenvalue weighted by atomic mass is 16.1. The van der Waals surface area contributed by atoms with Crippen LogP contribution in [0.2, 0.25) is 0 Å². The summed E-state index contributed by atoms with van der Waals surface area (Å²) in [6.45, 7) is 4.18. The predicted molar refractivity (Wildman–Crippen MR) is 121 cm³/mol. The molecule has 3 aliphatic rings. The zero-order valence-electron chi connectivity index (χ0n) is 18.3. The lowest BCUT2D eigenvalue weighted by molar-refractivity contribution is 0.0916. The fourth-order valence-corrected chi connectivity index (χ4v) is 6.12. The maximum Gasteiger partial charge on any atom is 0.252 e. The quantitative estimate of drug-likeness (QED) is 0.627. The Bertz CT molecular complexity index is 1150. The number of hydrogen-bond donors (Lipinski definition) is 1. The second-order valence-corrected chi connectivity index (χ2v) is 10.0. The van der Waals surface area contributed by atoms with Crippen LogP contribution in [0.25, 0.3) is 16.7 Å². The molecule has 6 rings (SSSR count). The minimum absolute atomic E-state index is 0.0280. The maximum atomic E-state index is 13.5. The molecule has 0 spiro atoms. The Balaban J connectivity index is 1.39. The molecule has 5 heteroatoms. The van der Waals surface area contributed by atoms with Crippen LogP contribution in [0, 0.1) is 24.7 Å². The Hall–Kier alpha value is -2.69. The van der Waals surface area contributed by atoms with Crippen LogP contribution in [0.4, 0.5) is 0 Å². The fraction of sp³-hybridized carbons (Fsp3) is 0.500. The molecule has 0 aliphatic heterocycles. The van der Waals surface area contributed by atoms with Crippen LogP contribution in [-0.2, 0) is 0 Å². The van der Waals surface area contributed by atoms with Crippen LogP contribution < -0.4 is 5.32 Å². The predicted octanol–water partition coefficient (Wildman–Crippen LogP) is 5.16. The largest absolute Gasteiger partial charge is 0.349 e. The van der Waals surface area contributed by atoms with Gasteiger partial charge < -0.3 is 5.32 Å². The van der Waals surface area contributed by atoms with Crippen molar-refractivity contribution in [2.45, 2.75) is 64.3 Å². The highest BCUT2D eigenvalue weighted by Gasteiger charge is 2.42. The van der Waals surface area contributed by atoms with Gasteiger partial charge >= 0.3 is 0 Å². The van der Waals surface area contributed by atoms with Gasteiger partial charge in [-0.1, -0.05) is 24.6 Å². The van der Waals surface area contributed by atoms with E-state index in [0.717, 1.165) is 58.3 Å². The third kappa shape index (κ3) is 3.26. The summed E-state index contributed by atoms with van der Waals surface area (Å²) in [7, 11) is 0. The van der Waals surface area contributed by atoms with Gasteiger partial charge in [-0.15, -0.1) is 0 Å². The number of aryl methyl sites for hydroxylation is 1. The first-order chi connectivity index (χ1) is 15.1. The van der Waals surface area contributed by atoms with Crippen LogP contribution >= 0.6 is 0 Å². The van der Waals surface area contributed by atoms with Crippen molar-refractivity contribution in [1.29, 1.82) is 0 Å². The summed E-state index contributed by atoms with van der Waals surface area (Å²) in [5.41, 5.74) is 4.39. The van der Waals surface area contributed by atoms with Gasteiger partial charge in [0.25, 0.3) is 5.91 Å². The normalized spacial score (nSPS) is 25.8. The highest BCUT2D eigenvalue weighted by molar-refractivity contribution is 6.07. The first-order valence-corrected chi connectivity index (χ1v) is 11.8. The topological polar surface area (TPSA) is 59.8 Å². The van der Waals surface area contributed by atoms with E-state index in [0.29, 0.717) is 11.8 Å². The molecule has 0 unspecified atom stereocenters. The molecule has 5 nitrogen and oxygen atoms in total. The van der Waals surface area contributed by atoms with E-state index in [4.69, 9.17) is 10.1 Å². The number of para-hydroxylation sites is 1. The Morgan fingerprint density at radius 3 is 2.61 bits per heavy atom. The lowest BCUT2D eigenvalue weighted by atomic mass is 9.84. The van der Waals surface area contributed by atoms with Gasteiger partial charge in [0.05, 0.1) is 22.3 Å². The van der Waals surface area contributed by atoms with E-state index in [-0.39, 0.29) is 11.9 Å². The smallest absolute Gasteiger partial charge is 0.252 e. The van der Waals surface area contributed by atoms with Crippen LogP contribution in [0.15, 0.2) is 36.4 Å². The van der Waals surface area contributed by atoms with Gasteiger partial charge in [-0.25, -0.2) is 9.67 Å². The molecule has 0 saturated heterocycles. The van der Waals surface area contributed by atoms with E-state index >= 15 is 0 Å². The monoisotopic (exact) mass is 414 g/mol. The van der Waals surface area contributed by atoms with E-state index < -0.39 is 0 Å². The van der Waals surface area contributed by atoms with Gasteiger partial charge in [-0.05, 0) is 81.9 Å². The number of fused-ring (bicyclic) bond motifs is 3. The van der Waals surface area contributed by atoms with Gasteiger partial charge in [0.1, 0.15) is 0 Å². The molecule has 3 saturated carbocycles. The fourth-order valence-electron chi connectivity index (χ4n) is 6.12. The molecule has 1 amide bonds. The lowest BCUT2D eigenvalue weighted by Gasteiger charge is -2.28. The van der Waals surface area contributed by atoms with E-state index in [9.17, 15) is 4.79 Å². The first-order valence-electron chi connectivity index (χ1n) is 11.8. The SMILES string of the molecule is Cc1nn(-c2ccccc2)c2nc(C3CC3)cc(C(=O)N[C@@H](C)[C@@H]3C[C@@H]4CC[C@@H]3C4)c12. The average Bonchev–Trinajstić information content (AvgIpc) is 3.28. The molecule has 2 heterocycles. The van der Waals surface area contributed by atoms with Crippen molar-refractivity contribution < 1.29 is 4.79 Å². The lowest BCUT2D eigenvalue weighted by Crippen LogP contribution is -2.40. The minimum Gasteiger partial charge on any atom is -0.349 e. The van der Waals surface area contributed by atoms with Gasteiger partial charge in [-0.3, -0.25) is 4.79 Å². The number of nitrogens with one attached hydrogen (secondary N) is 1. The number of carbonyl (C=O) groups is 1. The summed E-state index contributed by atoms with van der Waals surface area (Å²) >= 11 is 0. The average molecular weight is 415 g/mol. The molecule has 2 bridgehead atoms. The number of aromatic nitrogens is 3. The Kier molecular flexibility index (Phi) is 4.41. The van der Waals surface area contributed by atoms with Gasteiger partial charge in [-0.2, -0.15) is 5.10 Å². The van der Waals surface area contributed by atoms with Gasteiger partial charge in [0.15, 0.2) is 5.65 Å². The van der Waals surface area contributed by atoms with Crippen molar-refractivity contribution in [2.24, 2.45) is 17.8 Å². The summed E-state index contributed by atoms with van der Waals surface area (Å²) in [5, 5.41) is 9.04. The number of pyridine rings is 1. The molecular formula is C26H30N4O. The zero-order chi connectivity index (χ0) is 21.1. The number of carbonyl (C=O) groups excluding carboxylic acids is 1. The summed E-state index contributed by atoms with van der Waals surface area (Å²) in [6.07, 6.45) is 7.66. The van der Waals surface area contributed by atoms with E-state index in [1.165, 1.54) is 25.7 Å². The highest BCUT2D eigenvalue weighted by Crippen LogP contribution is 2.49. The zero-order valence-corrected chi connectivity index (χ0v) is 18.3. The number of benzene rings is 1. The van der Waals surface area contributed by atoms with E-state index in [1.54, 1.807) is 0 Å². The number of amides is 1. The van der Waals surface area contributed by atoms with E-state index in [1.807, 2.05) is 48.0 Å². The molecule has 4 atom stereocenters. The van der Waals surface area contributed by atoms with Crippen molar-refractivity contribution >= 4 is 16.9 Å². The molecule has 3 aliphatic carbocycles. The van der Waals surface area contributed by atoms with Gasteiger partial charge in [0.2, 0.25) is 0 Å². The molecule has 3 aromatic rings. The second-order valence-electron chi connectivity index (χ2n) is 10.0. The van der Waals surface area contributed by atoms with Crippen molar-refractivity contribution in [3.05, 3.63) is 53.3 Å². The molecule has 1 aromatic carbocycles. The van der Waals surface area contributed by atoms with Crippen LogP contribution in [-0.4, -0.2) is 26.7 Å². The molecule has 0 radical (unpaired) electrons. The first kappa shape index (κ1) is 19.0. The van der Waals surface area contributed by atoms with Crippen LogP contribution in [0.1, 0.15) is 73.1 Å². The van der Waals surface area contributed by atoms with Crippen molar-refractivity contribution in [2.75, 3.05) is 0 Å². The Morgan fingerprint density at radius 2 is 1.94 bits per heavy atom. The third-order valence-electron chi connectivity index (χ3n) is 7.87. The van der Waals surface area contributed by atoms with Crippen LogP contribution in [0.3, 0.4) is 0 Å². The molecule has 3 fully saturated rings. The standard InChI is InChI=1S/C26H30N4O/c1-15(21-13-17-8-9-19(21)12-17)27-26(31)22-14-23(18-10-11-18)28-25-24(22)16(2)29-30(25)20-6-4-3-5-7-20/h3-7,14-15,17-19,21H,8-13H2,1-2H3,(H,27,31)/t15-,17+,19+,21-/m0/s1. The maximum absolute atomic E-state index is 13.5. The summed E-state index contributed by atoms with van der Waals surface area (Å²) in [5.74, 6) is 2.80. The molecular weight excluding hydrogens is 384 g/mol. The second kappa shape index (κ2) is 7.18. The molecule has 1 N–H and O–H groups in total. The minimum atomic E-state index is 0.0280. The molecule has 31 heavy (non-hydrogen) atoms. The number of nitrogens with zero attached hydrogens (tertiary/aromatic N) is 3. The van der Waals surface area contributed by atoms with Crippen LogP contribution in [0.5, 0.6) is 0 Å². The Labute approximate surface area is 183 Å². The molecule has 160 valence electrons. The summed E-state index contributed by atoms with van der Waals surface area (Å²) < 4.78 is 1.90. The third-order valence-corrected chi connectivity index (χ3v) is 7.87. The van der Waals surface area contributed by atoms with Gasteiger partial charge in [0, 0.05) is 17.7 Å².